The summed E-state index contributed by atoms with van der Waals surface area (Å²) in [6.45, 7) is 4.27. The van der Waals surface area contributed by atoms with Crippen LogP contribution in [0.1, 0.15) is 43.7 Å². The Morgan fingerprint density at radius 2 is 1.81 bits per heavy atom. The first-order valence-electron chi connectivity index (χ1n) is 7.65. The SMILES string of the molecule is CC(=O)N(CC(=O)NCc1ccc(C)cc1)C1CCCC1. The summed E-state index contributed by atoms with van der Waals surface area (Å²) in [5.41, 5.74) is 2.28. The fourth-order valence-electron chi connectivity index (χ4n) is 2.83. The van der Waals surface area contributed by atoms with Crippen LogP contribution in [0.15, 0.2) is 24.3 Å². The van der Waals surface area contributed by atoms with Crippen molar-refractivity contribution in [1.82, 2.24) is 10.2 Å². The molecule has 0 aliphatic heterocycles. The van der Waals surface area contributed by atoms with Crippen molar-refractivity contribution in [2.75, 3.05) is 6.54 Å². The molecule has 1 N–H and O–H groups in total. The van der Waals surface area contributed by atoms with Crippen molar-refractivity contribution in [1.29, 1.82) is 0 Å². The van der Waals surface area contributed by atoms with Gasteiger partial charge in [-0.15, -0.1) is 0 Å². The van der Waals surface area contributed by atoms with Crippen molar-refractivity contribution in [3.63, 3.8) is 0 Å². The zero-order chi connectivity index (χ0) is 15.2. The number of nitrogens with one attached hydrogen (secondary N) is 1. The Kier molecular flexibility index (Phi) is 5.37. The molecule has 1 aromatic rings. The number of hydrogen-bond acceptors (Lipinski definition) is 2. The minimum atomic E-state index is -0.0855. The average molecular weight is 288 g/mol. The lowest BCUT2D eigenvalue weighted by Gasteiger charge is -2.27. The quantitative estimate of drug-likeness (QED) is 0.904. The molecule has 1 aliphatic carbocycles. The van der Waals surface area contributed by atoms with Gasteiger partial charge in [0, 0.05) is 19.5 Å². The van der Waals surface area contributed by atoms with Crippen LogP contribution in [0.2, 0.25) is 0 Å². The number of carbonyl (C=O) groups excluding carboxylic acids is 2. The average Bonchev–Trinajstić information content (AvgIpc) is 2.97. The highest BCUT2D eigenvalue weighted by molar-refractivity contribution is 5.84. The maximum Gasteiger partial charge on any atom is 0.239 e. The fourth-order valence-corrected chi connectivity index (χ4v) is 2.83. The van der Waals surface area contributed by atoms with Gasteiger partial charge in [0.2, 0.25) is 11.8 Å². The predicted octanol–water partition coefficient (Wildman–Crippen LogP) is 2.40. The largest absolute Gasteiger partial charge is 0.350 e. The summed E-state index contributed by atoms with van der Waals surface area (Å²) in [6.07, 6.45) is 4.34. The van der Waals surface area contributed by atoms with Gasteiger partial charge in [-0.05, 0) is 25.3 Å². The molecule has 1 aromatic carbocycles. The van der Waals surface area contributed by atoms with Gasteiger partial charge in [-0.25, -0.2) is 0 Å². The van der Waals surface area contributed by atoms with E-state index in [0.29, 0.717) is 6.54 Å². The molecular weight excluding hydrogens is 264 g/mol. The molecule has 0 spiro atoms. The lowest BCUT2D eigenvalue weighted by Crippen LogP contribution is -2.44. The standard InChI is InChI=1S/C17H24N2O2/c1-13-7-9-15(10-8-13)11-18-17(21)12-19(14(2)20)16-5-3-4-6-16/h7-10,16H,3-6,11-12H2,1-2H3,(H,18,21). The number of hydrogen-bond donors (Lipinski definition) is 1. The van der Waals surface area contributed by atoms with E-state index in [4.69, 9.17) is 0 Å². The van der Waals surface area contributed by atoms with Gasteiger partial charge in [0.1, 0.15) is 0 Å². The summed E-state index contributed by atoms with van der Waals surface area (Å²) in [4.78, 5) is 25.5. The summed E-state index contributed by atoms with van der Waals surface area (Å²) >= 11 is 0. The van der Waals surface area contributed by atoms with Crippen molar-refractivity contribution in [3.05, 3.63) is 35.4 Å². The van der Waals surface area contributed by atoms with E-state index in [1.807, 2.05) is 31.2 Å². The Morgan fingerprint density at radius 3 is 2.38 bits per heavy atom. The van der Waals surface area contributed by atoms with Crippen LogP contribution in [0.25, 0.3) is 0 Å². The number of rotatable bonds is 5. The van der Waals surface area contributed by atoms with E-state index >= 15 is 0 Å². The van der Waals surface area contributed by atoms with Crippen LogP contribution >= 0.6 is 0 Å². The van der Waals surface area contributed by atoms with E-state index < -0.39 is 0 Å². The minimum Gasteiger partial charge on any atom is -0.350 e. The van der Waals surface area contributed by atoms with E-state index in [2.05, 4.69) is 5.32 Å². The third-order valence-electron chi connectivity index (χ3n) is 4.09. The first-order valence-corrected chi connectivity index (χ1v) is 7.65. The normalized spacial score (nSPS) is 15.0. The van der Waals surface area contributed by atoms with Crippen molar-refractivity contribution >= 4 is 11.8 Å². The molecule has 1 aliphatic rings. The summed E-state index contributed by atoms with van der Waals surface area (Å²) in [6, 6.07) is 8.32. The molecule has 0 heterocycles. The highest BCUT2D eigenvalue weighted by Gasteiger charge is 2.26. The van der Waals surface area contributed by atoms with Crippen molar-refractivity contribution in [3.8, 4) is 0 Å². The van der Waals surface area contributed by atoms with Crippen LogP contribution in [0.3, 0.4) is 0 Å². The highest BCUT2D eigenvalue weighted by atomic mass is 16.2. The topological polar surface area (TPSA) is 49.4 Å². The van der Waals surface area contributed by atoms with Gasteiger partial charge in [0.15, 0.2) is 0 Å². The zero-order valence-electron chi connectivity index (χ0n) is 12.9. The molecule has 0 radical (unpaired) electrons. The molecular formula is C17H24N2O2. The van der Waals surface area contributed by atoms with E-state index in [9.17, 15) is 9.59 Å². The van der Waals surface area contributed by atoms with Gasteiger partial charge >= 0.3 is 0 Å². The summed E-state index contributed by atoms with van der Waals surface area (Å²) in [5.74, 6) is -0.0925. The summed E-state index contributed by atoms with van der Waals surface area (Å²) < 4.78 is 0. The Hall–Kier alpha value is -1.84. The van der Waals surface area contributed by atoms with Crippen molar-refractivity contribution < 1.29 is 9.59 Å². The predicted molar refractivity (Wildman–Crippen MR) is 82.7 cm³/mol. The highest BCUT2D eigenvalue weighted by Crippen LogP contribution is 2.23. The Balaban J connectivity index is 1.84. The molecule has 2 amide bonds. The third kappa shape index (κ3) is 4.59. The zero-order valence-corrected chi connectivity index (χ0v) is 12.9. The van der Waals surface area contributed by atoms with Crippen LogP contribution in [0.5, 0.6) is 0 Å². The van der Waals surface area contributed by atoms with Crippen LogP contribution < -0.4 is 5.32 Å². The molecule has 0 bridgehead atoms. The Bertz CT molecular complexity index is 490. The van der Waals surface area contributed by atoms with Crippen LogP contribution in [0, 0.1) is 6.92 Å². The molecule has 0 atom stereocenters. The Morgan fingerprint density at radius 1 is 1.19 bits per heavy atom. The first-order chi connectivity index (χ1) is 10.1. The van der Waals surface area contributed by atoms with Gasteiger partial charge in [-0.1, -0.05) is 42.7 Å². The number of amides is 2. The molecule has 21 heavy (non-hydrogen) atoms. The second-order valence-electron chi connectivity index (χ2n) is 5.85. The summed E-state index contributed by atoms with van der Waals surface area (Å²) in [7, 11) is 0. The second-order valence-corrected chi connectivity index (χ2v) is 5.85. The maximum atomic E-state index is 12.0. The maximum absolute atomic E-state index is 12.0. The minimum absolute atomic E-state index is 0.00705. The van der Waals surface area contributed by atoms with Crippen molar-refractivity contribution in [2.24, 2.45) is 0 Å². The van der Waals surface area contributed by atoms with Crippen LogP contribution in [0.4, 0.5) is 0 Å². The smallest absolute Gasteiger partial charge is 0.239 e. The Labute approximate surface area is 126 Å². The van der Waals surface area contributed by atoms with Gasteiger partial charge in [-0.2, -0.15) is 0 Å². The third-order valence-corrected chi connectivity index (χ3v) is 4.09. The van der Waals surface area contributed by atoms with Crippen molar-refractivity contribution in [2.45, 2.75) is 52.1 Å². The van der Waals surface area contributed by atoms with E-state index in [1.165, 1.54) is 5.56 Å². The van der Waals surface area contributed by atoms with Crippen LogP contribution in [-0.4, -0.2) is 29.3 Å². The van der Waals surface area contributed by atoms with Gasteiger partial charge in [-0.3, -0.25) is 9.59 Å². The molecule has 0 aromatic heterocycles. The lowest BCUT2D eigenvalue weighted by atomic mass is 10.1. The molecule has 114 valence electrons. The molecule has 1 fully saturated rings. The molecule has 0 saturated heterocycles. The number of aryl methyl sites for hydroxylation is 1. The second kappa shape index (κ2) is 7.25. The molecule has 4 nitrogen and oxygen atoms in total. The number of benzene rings is 1. The number of nitrogens with zero attached hydrogens (tertiary/aromatic N) is 1. The van der Waals surface area contributed by atoms with Gasteiger partial charge in [0.05, 0.1) is 6.54 Å². The molecule has 1 saturated carbocycles. The van der Waals surface area contributed by atoms with Gasteiger partial charge in [0.25, 0.3) is 0 Å². The fraction of sp³-hybridized carbons (Fsp3) is 0.529. The first kappa shape index (κ1) is 15.5. The summed E-state index contributed by atoms with van der Waals surface area (Å²) in [5, 5.41) is 2.89. The van der Waals surface area contributed by atoms with E-state index in [-0.39, 0.29) is 24.4 Å². The molecule has 2 rings (SSSR count). The monoisotopic (exact) mass is 288 g/mol. The van der Waals surface area contributed by atoms with E-state index in [0.717, 1.165) is 31.2 Å². The van der Waals surface area contributed by atoms with Crippen LogP contribution in [-0.2, 0) is 16.1 Å². The number of carbonyl (C=O) groups is 2. The molecule has 0 unspecified atom stereocenters. The van der Waals surface area contributed by atoms with E-state index in [1.54, 1.807) is 11.8 Å². The lowest BCUT2D eigenvalue weighted by molar-refractivity contribution is -0.136. The molecule has 4 heteroatoms. The van der Waals surface area contributed by atoms with Gasteiger partial charge < -0.3 is 10.2 Å².